The van der Waals surface area contributed by atoms with E-state index in [9.17, 15) is 0 Å². The van der Waals surface area contributed by atoms with Crippen molar-refractivity contribution in [2.24, 2.45) is 5.73 Å². The molecule has 3 aromatic rings. The Morgan fingerprint density at radius 2 is 1.91 bits per heavy atom. The predicted octanol–water partition coefficient (Wildman–Crippen LogP) is 3.48. The summed E-state index contributed by atoms with van der Waals surface area (Å²) in [5.41, 5.74) is 11.3. The SMILES string of the molecule is COc1ccc(C(CN)c2cc(-c3ccccc3)n[nH]2)cc1C. The molecule has 1 atom stereocenters. The van der Waals surface area contributed by atoms with Crippen LogP contribution in [0.3, 0.4) is 0 Å². The van der Waals surface area contributed by atoms with Crippen LogP contribution >= 0.6 is 0 Å². The molecule has 0 radical (unpaired) electrons. The van der Waals surface area contributed by atoms with Crippen LogP contribution < -0.4 is 10.5 Å². The molecule has 3 rings (SSSR count). The van der Waals surface area contributed by atoms with Crippen LogP contribution in [0.25, 0.3) is 11.3 Å². The number of nitrogens with zero attached hydrogens (tertiary/aromatic N) is 1. The standard InChI is InChI=1S/C19H21N3O/c1-13-10-15(8-9-19(13)23-2)16(12-20)18-11-17(21-22-18)14-6-4-3-5-7-14/h3-11,16H,12,20H2,1-2H3,(H,21,22). The van der Waals surface area contributed by atoms with E-state index in [1.807, 2.05) is 31.2 Å². The molecule has 0 spiro atoms. The monoisotopic (exact) mass is 307 g/mol. The van der Waals surface area contributed by atoms with E-state index in [1.54, 1.807) is 7.11 Å². The Labute approximate surface area is 136 Å². The molecule has 3 N–H and O–H groups in total. The highest BCUT2D eigenvalue weighted by Gasteiger charge is 2.17. The first-order chi connectivity index (χ1) is 11.2. The number of H-pyrrole nitrogens is 1. The highest BCUT2D eigenvalue weighted by molar-refractivity contribution is 5.59. The summed E-state index contributed by atoms with van der Waals surface area (Å²) in [5, 5.41) is 7.57. The summed E-state index contributed by atoms with van der Waals surface area (Å²) in [4.78, 5) is 0. The van der Waals surface area contributed by atoms with Crippen LogP contribution in [-0.4, -0.2) is 23.9 Å². The Balaban J connectivity index is 1.93. The van der Waals surface area contributed by atoms with Gasteiger partial charge in [0.2, 0.25) is 0 Å². The second kappa shape index (κ2) is 6.67. The number of aromatic amines is 1. The lowest BCUT2D eigenvalue weighted by Gasteiger charge is -2.15. The van der Waals surface area contributed by atoms with Gasteiger partial charge in [0.05, 0.1) is 12.8 Å². The Morgan fingerprint density at radius 3 is 2.57 bits per heavy atom. The van der Waals surface area contributed by atoms with E-state index in [4.69, 9.17) is 10.5 Å². The maximum Gasteiger partial charge on any atom is 0.121 e. The van der Waals surface area contributed by atoms with Crippen molar-refractivity contribution in [2.45, 2.75) is 12.8 Å². The first-order valence-electron chi connectivity index (χ1n) is 7.68. The third-order valence-corrected chi connectivity index (χ3v) is 4.10. The number of nitrogens with two attached hydrogens (primary N) is 1. The molecule has 4 nitrogen and oxygen atoms in total. The number of ether oxygens (including phenoxy) is 1. The molecule has 4 heteroatoms. The van der Waals surface area contributed by atoms with Crippen LogP contribution in [0.15, 0.2) is 54.6 Å². The molecule has 1 unspecified atom stereocenters. The molecule has 23 heavy (non-hydrogen) atoms. The molecule has 0 aliphatic carbocycles. The molecular formula is C19H21N3O. The third-order valence-electron chi connectivity index (χ3n) is 4.10. The topological polar surface area (TPSA) is 63.9 Å². The quantitative estimate of drug-likeness (QED) is 0.758. The van der Waals surface area contributed by atoms with Crippen molar-refractivity contribution in [3.63, 3.8) is 0 Å². The highest BCUT2D eigenvalue weighted by Crippen LogP contribution is 2.29. The molecular weight excluding hydrogens is 286 g/mol. The first-order valence-corrected chi connectivity index (χ1v) is 7.68. The van der Waals surface area contributed by atoms with Crippen molar-refractivity contribution in [1.82, 2.24) is 10.2 Å². The second-order valence-electron chi connectivity index (χ2n) is 5.59. The molecule has 1 heterocycles. The molecule has 0 amide bonds. The Morgan fingerprint density at radius 1 is 1.13 bits per heavy atom. The lowest BCUT2D eigenvalue weighted by Crippen LogP contribution is -2.14. The predicted molar refractivity (Wildman–Crippen MR) is 92.7 cm³/mol. The van der Waals surface area contributed by atoms with Crippen molar-refractivity contribution in [3.05, 3.63) is 71.4 Å². The average molecular weight is 307 g/mol. The van der Waals surface area contributed by atoms with Crippen LogP contribution in [0.5, 0.6) is 5.75 Å². The lowest BCUT2D eigenvalue weighted by molar-refractivity contribution is 0.411. The second-order valence-corrected chi connectivity index (χ2v) is 5.59. The third kappa shape index (κ3) is 3.12. The molecule has 0 bridgehead atoms. The minimum Gasteiger partial charge on any atom is -0.496 e. The maximum atomic E-state index is 6.03. The zero-order valence-corrected chi connectivity index (χ0v) is 13.4. The van der Waals surface area contributed by atoms with Crippen LogP contribution in [0.2, 0.25) is 0 Å². The van der Waals surface area contributed by atoms with Gasteiger partial charge in [-0.1, -0.05) is 42.5 Å². The van der Waals surface area contributed by atoms with Gasteiger partial charge in [-0.15, -0.1) is 0 Å². The summed E-state index contributed by atoms with van der Waals surface area (Å²) in [5.74, 6) is 0.976. The van der Waals surface area contributed by atoms with E-state index >= 15 is 0 Å². The fourth-order valence-electron chi connectivity index (χ4n) is 2.83. The van der Waals surface area contributed by atoms with Crippen molar-refractivity contribution in [3.8, 4) is 17.0 Å². The largest absolute Gasteiger partial charge is 0.496 e. The van der Waals surface area contributed by atoms with E-state index < -0.39 is 0 Å². The van der Waals surface area contributed by atoms with Crippen LogP contribution in [0.4, 0.5) is 0 Å². The number of hydrogen-bond donors (Lipinski definition) is 2. The Kier molecular flexibility index (Phi) is 4.44. The van der Waals surface area contributed by atoms with Crippen LogP contribution in [0.1, 0.15) is 22.7 Å². The number of rotatable bonds is 5. The lowest BCUT2D eigenvalue weighted by atomic mass is 9.94. The molecule has 0 aliphatic rings. The summed E-state index contributed by atoms with van der Waals surface area (Å²) >= 11 is 0. The van der Waals surface area contributed by atoms with Gasteiger partial charge in [0.25, 0.3) is 0 Å². The van der Waals surface area contributed by atoms with Gasteiger partial charge < -0.3 is 10.5 Å². The van der Waals surface area contributed by atoms with Gasteiger partial charge in [0.1, 0.15) is 5.75 Å². The molecule has 0 aliphatic heterocycles. The zero-order chi connectivity index (χ0) is 16.2. The van der Waals surface area contributed by atoms with Gasteiger partial charge >= 0.3 is 0 Å². The highest BCUT2D eigenvalue weighted by atomic mass is 16.5. The number of aromatic nitrogens is 2. The van der Waals surface area contributed by atoms with Crippen LogP contribution in [-0.2, 0) is 0 Å². The number of hydrogen-bond acceptors (Lipinski definition) is 3. The summed E-state index contributed by atoms with van der Waals surface area (Å²) in [6.45, 7) is 2.56. The number of aryl methyl sites for hydroxylation is 1. The molecule has 2 aromatic carbocycles. The minimum atomic E-state index is 0.0876. The van der Waals surface area contributed by atoms with E-state index in [0.29, 0.717) is 6.54 Å². The average Bonchev–Trinajstić information content (AvgIpc) is 3.06. The van der Waals surface area contributed by atoms with Gasteiger partial charge in [-0.3, -0.25) is 5.10 Å². The minimum absolute atomic E-state index is 0.0876. The maximum absolute atomic E-state index is 6.03. The summed E-state index contributed by atoms with van der Waals surface area (Å²) in [7, 11) is 1.68. The normalized spacial score (nSPS) is 12.1. The fraction of sp³-hybridized carbons (Fsp3) is 0.211. The van der Waals surface area contributed by atoms with Gasteiger partial charge in [-0.05, 0) is 30.2 Å². The van der Waals surface area contributed by atoms with E-state index in [1.165, 1.54) is 0 Å². The zero-order valence-electron chi connectivity index (χ0n) is 13.4. The summed E-state index contributed by atoms with van der Waals surface area (Å²) in [6, 6.07) is 18.4. The van der Waals surface area contributed by atoms with Gasteiger partial charge in [-0.2, -0.15) is 5.10 Å². The van der Waals surface area contributed by atoms with Crippen LogP contribution in [0, 0.1) is 6.92 Å². The van der Waals surface area contributed by atoms with Crippen molar-refractivity contribution >= 4 is 0 Å². The first kappa shape index (κ1) is 15.3. The van der Waals surface area contributed by atoms with Gasteiger partial charge in [0, 0.05) is 23.7 Å². The fourth-order valence-corrected chi connectivity index (χ4v) is 2.83. The number of nitrogens with one attached hydrogen (secondary N) is 1. The van der Waals surface area contributed by atoms with Crippen molar-refractivity contribution < 1.29 is 4.74 Å². The smallest absolute Gasteiger partial charge is 0.121 e. The number of benzene rings is 2. The van der Waals surface area contributed by atoms with Crippen molar-refractivity contribution in [1.29, 1.82) is 0 Å². The van der Waals surface area contributed by atoms with E-state index in [-0.39, 0.29) is 5.92 Å². The van der Waals surface area contributed by atoms with Gasteiger partial charge in [-0.25, -0.2) is 0 Å². The number of methoxy groups -OCH3 is 1. The Bertz CT molecular complexity index is 780. The summed E-state index contributed by atoms with van der Waals surface area (Å²) in [6.07, 6.45) is 0. The molecule has 0 saturated carbocycles. The molecule has 0 saturated heterocycles. The van der Waals surface area contributed by atoms with E-state index in [2.05, 4.69) is 40.5 Å². The van der Waals surface area contributed by atoms with E-state index in [0.717, 1.165) is 33.8 Å². The van der Waals surface area contributed by atoms with Gasteiger partial charge in [0.15, 0.2) is 0 Å². The molecule has 0 fully saturated rings. The van der Waals surface area contributed by atoms with Crippen molar-refractivity contribution in [2.75, 3.05) is 13.7 Å². The molecule has 1 aromatic heterocycles. The molecule has 118 valence electrons. The Hall–Kier alpha value is -2.59. The summed E-state index contributed by atoms with van der Waals surface area (Å²) < 4.78 is 5.33.